The van der Waals surface area contributed by atoms with Gasteiger partial charge in [-0.2, -0.15) is 5.26 Å². The number of rotatable bonds is 4. The zero-order valence-electron chi connectivity index (χ0n) is 10.6. The highest BCUT2D eigenvalue weighted by Gasteiger charge is 2.11. The quantitative estimate of drug-likeness (QED) is 0.524. The molecule has 6 nitrogen and oxygen atoms in total. The standard InChI is InChI=1S/C15H9NO5/c16-8-11-7-13(5-6-14(11)20-9-17)21-15(19)10-1-3-12(18)4-2-10/h1-7,9,18H. The molecule has 0 aliphatic carbocycles. The number of carbonyl (C=O) groups excluding carboxylic acids is 2. The Kier molecular flexibility index (Phi) is 4.17. The maximum absolute atomic E-state index is 11.9. The van der Waals surface area contributed by atoms with Gasteiger partial charge in [-0.3, -0.25) is 4.79 Å². The fourth-order valence-electron chi connectivity index (χ4n) is 1.58. The molecule has 6 heteroatoms. The molecule has 1 N–H and O–H groups in total. The lowest BCUT2D eigenvalue weighted by atomic mass is 10.2. The monoisotopic (exact) mass is 283 g/mol. The van der Waals surface area contributed by atoms with Gasteiger partial charge in [-0.15, -0.1) is 0 Å². The van der Waals surface area contributed by atoms with Crippen molar-refractivity contribution in [2.75, 3.05) is 0 Å². The average molecular weight is 283 g/mol. The van der Waals surface area contributed by atoms with Gasteiger partial charge in [0, 0.05) is 6.07 Å². The fourth-order valence-corrected chi connectivity index (χ4v) is 1.58. The summed E-state index contributed by atoms with van der Waals surface area (Å²) in [5, 5.41) is 18.1. The topological polar surface area (TPSA) is 96.6 Å². The second-order valence-corrected chi connectivity index (χ2v) is 3.92. The summed E-state index contributed by atoms with van der Waals surface area (Å²) in [6.07, 6.45) is 0. The third-order valence-corrected chi connectivity index (χ3v) is 2.56. The van der Waals surface area contributed by atoms with E-state index in [-0.39, 0.29) is 34.8 Å². The Balaban J connectivity index is 2.20. The summed E-state index contributed by atoms with van der Waals surface area (Å²) in [7, 11) is 0. The molecule has 0 bridgehead atoms. The van der Waals surface area contributed by atoms with Crippen LogP contribution in [0, 0.1) is 11.3 Å². The number of hydrogen-bond donors (Lipinski definition) is 1. The summed E-state index contributed by atoms with van der Waals surface area (Å²) in [4.78, 5) is 22.1. The number of carbonyl (C=O) groups is 2. The van der Waals surface area contributed by atoms with Crippen LogP contribution in [-0.2, 0) is 4.79 Å². The molecule has 0 fully saturated rings. The van der Waals surface area contributed by atoms with E-state index >= 15 is 0 Å². The number of benzene rings is 2. The van der Waals surface area contributed by atoms with E-state index in [2.05, 4.69) is 4.74 Å². The molecular weight excluding hydrogens is 274 g/mol. The van der Waals surface area contributed by atoms with Crippen molar-refractivity contribution in [1.82, 2.24) is 0 Å². The minimum atomic E-state index is -0.636. The maximum Gasteiger partial charge on any atom is 0.343 e. The fraction of sp³-hybridized carbons (Fsp3) is 0. The molecule has 0 heterocycles. The number of nitriles is 1. The highest BCUT2D eigenvalue weighted by Crippen LogP contribution is 2.24. The maximum atomic E-state index is 11.9. The summed E-state index contributed by atoms with van der Waals surface area (Å²) in [5.41, 5.74) is 0.317. The second-order valence-electron chi connectivity index (χ2n) is 3.92. The Morgan fingerprint density at radius 2 is 1.90 bits per heavy atom. The van der Waals surface area contributed by atoms with Crippen LogP contribution in [-0.4, -0.2) is 17.5 Å². The van der Waals surface area contributed by atoms with Crippen LogP contribution in [0.2, 0.25) is 0 Å². The molecule has 0 aromatic heterocycles. The first-order valence-corrected chi connectivity index (χ1v) is 5.79. The number of aromatic hydroxyl groups is 1. The second kappa shape index (κ2) is 6.21. The van der Waals surface area contributed by atoms with Crippen molar-refractivity contribution in [2.45, 2.75) is 0 Å². The molecule has 0 saturated heterocycles. The predicted molar refractivity (Wildman–Crippen MR) is 70.9 cm³/mol. The zero-order chi connectivity index (χ0) is 15.2. The number of phenolic OH excluding ortho intramolecular Hbond substituents is 1. The van der Waals surface area contributed by atoms with E-state index in [1.807, 2.05) is 6.07 Å². The number of phenols is 1. The van der Waals surface area contributed by atoms with Crippen LogP contribution in [0.3, 0.4) is 0 Å². The summed E-state index contributed by atoms with van der Waals surface area (Å²) >= 11 is 0. The van der Waals surface area contributed by atoms with Crippen molar-refractivity contribution < 1.29 is 24.2 Å². The van der Waals surface area contributed by atoms with Gasteiger partial charge in [0.05, 0.1) is 11.1 Å². The smallest absolute Gasteiger partial charge is 0.343 e. The molecule has 0 amide bonds. The number of nitrogens with zero attached hydrogens (tertiary/aromatic N) is 1. The van der Waals surface area contributed by atoms with Crippen molar-refractivity contribution in [1.29, 1.82) is 5.26 Å². The van der Waals surface area contributed by atoms with Crippen LogP contribution < -0.4 is 9.47 Å². The first-order valence-electron chi connectivity index (χ1n) is 5.79. The van der Waals surface area contributed by atoms with Crippen LogP contribution in [0.25, 0.3) is 0 Å². The molecule has 0 radical (unpaired) electrons. The minimum Gasteiger partial charge on any atom is -0.508 e. The molecule has 0 aliphatic rings. The van der Waals surface area contributed by atoms with Crippen LogP contribution in [0.4, 0.5) is 0 Å². The van der Waals surface area contributed by atoms with Gasteiger partial charge in [0.2, 0.25) is 0 Å². The molecular formula is C15H9NO5. The molecule has 0 unspecified atom stereocenters. The SMILES string of the molecule is N#Cc1cc(OC(=O)c2ccc(O)cc2)ccc1OC=O. The normalized spacial score (nSPS) is 9.48. The molecule has 0 atom stereocenters. The highest BCUT2D eigenvalue weighted by atomic mass is 16.5. The third kappa shape index (κ3) is 3.36. The summed E-state index contributed by atoms with van der Waals surface area (Å²) in [6.45, 7) is 0.207. The minimum absolute atomic E-state index is 0.0358. The van der Waals surface area contributed by atoms with Gasteiger partial charge in [-0.25, -0.2) is 4.79 Å². The molecule has 21 heavy (non-hydrogen) atoms. The van der Waals surface area contributed by atoms with Crippen molar-refractivity contribution >= 4 is 12.4 Å². The summed E-state index contributed by atoms with van der Waals surface area (Å²) in [5.74, 6) is -0.378. The Morgan fingerprint density at radius 1 is 1.19 bits per heavy atom. The molecule has 104 valence electrons. The third-order valence-electron chi connectivity index (χ3n) is 2.56. The van der Waals surface area contributed by atoms with Crippen LogP contribution in [0.5, 0.6) is 17.2 Å². The first kappa shape index (κ1) is 14.1. The Labute approximate surface area is 119 Å². The van der Waals surface area contributed by atoms with Gasteiger partial charge < -0.3 is 14.6 Å². The van der Waals surface area contributed by atoms with Crippen molar-refractivity contribution in [3.63, 3.8) is 0 Å². The average Bonchev–Trinajstić information content (AvgIpc) is 2.49. The van der Waals surface area contributed by atoms with Gasteiger partial charge >= 0.3 is 5.97 Å². The molecule has 2 aromatic rings. The Morgan fingerprint density at radius 3 is 2.52 bits per heavy atom. The van der Waals surface area contributed by atoms with Crippen molar-refractivity contribution in [2.24, 2.45) is 0 Å². The lowest BCUT2D eigenvalue weighted by Gasteiger charge is -2.06. The Bertz CT molecular complexity index is 716. The summed E-state index contributed by atoms with van der Waals surface area (Å²) in [6, 6.07) is 11.4. The number of hydrogen-bond acceptors (Lipinski definition) is 6. The van der Waals surface area contributed by atoms with Crippen LogP contribution >= 0.6 is 0 Å². The van der Waals surface area contributed by atoms with E-state index in [9.17, 15) is 9.59 Å². The summed E-state index contributed by atoms with van der Waals surface area (Å²) < 4.78 is 9.71. The number of ether oxygens (including phenoxy) is 2. The van der Waals surface area contributed by atoms with Gasteiger partial charge in [0.1, 0.15) is 23.3 Å². The first-order chi connectivity index (χ1) is 10.1. The van der Waals surface area contributed by atoms with Crippen LogP contribution in [0.15, 0.2) is 42.5 Å². The lowest BCUT2D eigenvalue weighted by Crippen LogP contribution is -2.08. The van der Waals surface area contributed by atoms with Gasteiger partial charge in [-0.1, -0.05) is 0 Å². The van der Waals surface area contributed by atoms with E-state index in [1.54, 1.807) is 0 Å². The van der Waals surface area contributed by atoms with Gasteiger partial charge in [0.15, 0.2) is 0 Å². The molecule has 2 aromatic carbocycles. The van der Waals surface area contributed by atoms with Crippen LogP contribution in [0.1, 0.15) is 15.9 Å². The lowest BCUT2D eigenvalue weighted by molar-refractivity contribution is -0.120. The van der Waals surface area contributed by atoms with Gasteiger partial charge in [-0.05, 0) is 36.4 Å². The van der Waals surface area contributed by atoms with E-state index in [0.717, 1.165) is 0 Å². The zero-order valence-corrected chi connectivity index (χ0v) is 10.6. The highest BCUT2D eigenvalue weighted by molar-refractivity contribution is 5.91. The molecule has 0 saturated carbocycles. The molecule has 0 aliphatic heterocycles. The largest absolute Gasteiger partial charge is 0.508 e. The Hall–Kier alpha value is -3.33. The van der Waals surface area contributed by atoms with E-state index < -0.39 is 5.97 Å². The molecule has 0 spiro atoms. The van der Waals surface area contributed by atoms with E-state index in [4.69, 9.17) is 15.1 Å². The van der Waals surface area contributed by atoms with E-state index in [1.165, 1.54) is 42.5 Å². The van der Waals surface area contributed by atoms with E-state index in [0.29, 0.717) is 0 Å². The predicted octanol–water partition coefficient (Wildman–Crippen LogP) is 2.02. The van der Waals surface area contributed by atoms with Crippen molar-refractivity contribution in [3.8, 4) is 23.3 Å². The van der Waals surface area contributed by atoms with Crippen molar-refractivity contribution in [3.05, 3.63) is 53.6 Å². The molecule has 2 rings (SSSR count). The number of esters is 1. The van der Waals surface area contributed by atoms with Gasteiger partial charge in [0.25, 0.3) is 6.47 Å².